The van der Waals surface area contributed by atoms with Gasteiger partial charge < -0.3 is 5.32 Å². The number of amides is 1. The molecule has 0 unspecified atom stereocenters. The van der Waals surface area contributed by atoms with Crippen molar-refractivity contribution in [2.75, 3.05) is 6.54 Å². The van der Waals surface area contributed by atoms with Gasteiger partial charge >= 0.3 is 0 Å². The largest absolute Gasteiger partial charge is 0.352 e. The van der Waals surface area contributed by atoms with E-state index in [-0.39, 0.29) is 16.0 Å². The average Bonchev–Trinajstić information content (AvgIpc) is 3.14. The Morgan fingerprint density at radius 1 is 1.45 bits per heavy atom. The number of nitrogens with one attached hydrogen (secondary N) is 1. The number of hydrogen-bond donors (Lipinski definition) is 1. The second kappa shape index (κ2) is 5.69. The zero-order valence-corrected chi connectivity index (χ0v) is 12.5. The minimum absolute atomic E-state index is 0.0388. The van der Waals surface area contributed by atoms with Crippen molar-refractivity contribution >= 4 is 25.6 Å². The smallest absolute Gasteiger partial charge is 0.261 e. The van der Waals surface area contributed by atoms with Gasteiger partial charge in [-0.25, -0.2) is 12.8 Å². The Hall–Kier alpha value is -1.14. The molecule has 0 heterocycles. The highest BCUT2D eigenvalue weighted by Crippen LogP contribution is 2.31. The van der Waals surface area contributed by atoms with E-state index in [2.05, 4.69) is 5.32 Å². The molecular formula is C13H15ClFNO3S. The fourth-order valence-electron chi connectivity index (χ4n) is 1.94. The summed E-state index contributed by atoms with van der Waals surface area (Å²) in [5.41, 5.74) is -0.127. The fraction of sp³-hybridized carbons (Fsp3) is 0.462. The Kier molecular flexibility index (Phi) is 4.34. The predicted molar refractivity (Wildman–Crippen MR) is 73.9 cm³/mol. The van der Waals surface area contributed by atoms with Gasteiger partial charge in [0.1, 0.15) is 5.82 Å². The van der Waals surface area contributed by atoms with Gasteiger partial charge in [-0.2, -0.15) is 0 Å². The normalized spacial score (nSPS) is 15.2. The first-order valence-electron chi connectivity index (χ1n) is 6.32. The number of benzene rings is 1. The molecule has 0 saturated heterocycles. The molecule has 1 aliphatic carbocycles. The lowest BCUT2D eigenvalue weighted by atomic mass is 10.1. The molecule has 110 valence electrons. The SMILES string of the molecule is Cc1c(F)cc(C(=O)NCCC2CC2)cc1S(=O)(=O)Cl. The maximum atomic E-state index is 13.7. The Bertz CT molecular complexity index is 641. The first-order valence-corrected chi connectivity index (χ1v) is 8.63. The van der Waals surface area contributed by atoms with Crippen molar-refractivity contribution in [3.8, 4) is 0 Å². The van der Waals surface area contributed by atoms with Crippen LogP contribution in [0.5, 0.6) is 0 Å². The quantitative estimate of drug-likeness (QED) is 0.848. The Labute approximate surface area is 121 Å². The third kappa shape index (κ3) is 3.70. The van der Waals surface area contributed by atoms with E-state index in [1.54, 1.807) is 0 Å². The molecule has 1 aliphatic rings. The molecule has 1 aromatic rings. The monoisotopic (exact) mass is 319 g/mol. The lowest BCUT2D eigenvalue weighted by molar-refractivity contribution is 0.0952. The van der Waals surface area contributed by atoms with Crippen molar-refractivity contribution in [3.05, 3.63) is 29.1 Å². The number of hydrogen-bond acceptors (Lipinski definition) is 3. The summed E-state index contributed by atoms with van der Waals surface area (Å²) in [5, 5.41) is 2.65. The van der Waals surface area contributed by atoms with Gasteiger partial charge in [0, 0.05) is 28.4 Å². The highest BCUT2D eigenvalue weighted by atomic mass is 35.7. The van der Waals surface area contributed by atoms with Crippen LogP contribution in [0.15, 0.2) is 17.0 Å². The highest BCUT2D eigenvalue weighted by molar-refractivity contribution is 8.13. The topological polar surface area (TPSA) is 63.2 Å². The van der Waals surface area contributed by atoms with E-state index in [4.69, 9.17) is 10.7 Å². The van der Waals surface area contributed by atoms with Crippen LogP contribution in [0, 0.1) is 18.7 Å². The second-order valence-electron chi connectivity index (χ2n) is 5.01. The first kappa shape index (κ1) is 15.3. The van der Waals surface area contributed by atoms with Gasteiger partial charge in [0.15, 0.2) is 0 Å². The van der Waals surface area contributed by atoms with Crippen molar-refractivity contribution in [2.24, 2.45) is 5.92 Å². The molecule has 0 atom stereocenters. The molecule has 7 heteroatoms. The average molecular weight is 320 g/mol. The molecule has 0 aliphatic heterocycles. The fourth-order valence-corrected chi connectivity index (χ4v) is 3.15. The van der Waals surface area contributed by atoms with Gasteiger partial charge in [-0.1, -0.05) is 12.8 Å². The van der Waals surface area contributed by atoms with Crippen molar-refractivity contribution in [2.45, 2.75) is 31.1 Å². The van der Waals surface area contributed by atoms with Gasteiger partial charge in [0.25, 0.3) is 15.0 Å². The molecule has 1 fully saturated rings. The molecule has 1 N–H and O–H groups in total. The molecular weight excluding hydrogens is 305 g/mol. The van der Waals surface area contributed by atoms with Crippen molar-refractivity contribution in [3.63, 3.8) is 0 Å². The summed E-state index contributed by atoms with van der Waals surface area (Å²) in [6.45, 7) is 1.81. The standard InChI is InChI=1S/C13H15ClFNO3S/c1-8-11(15)6-10(7-12(8)20(14,18)19)13(17)16-5-4-9-2-3-9/h6-7,9H,2-5H2,1H3,(H,16,17). The second-order valence-corrected chi connectivity index (χ2v) is 7.54. The van der Waals surface area contributed by atoms with E-state index in [9.17, 15) is 17.6 Å². The van der Waals surface area contributed by atoms with Crippen LogP contribution in [-0.2, 0) is 9.05 Å². The van der Waals surface area contributed by atoms with Crippen molar-refractivity contribution in [1.29, 1.82) is 0 Å². The predicted octanol–water partition coefficient (Wildman–Crippen LogP) is 2.59. The minimum atomic E-state index is -4.08. The molecule has 20 heavy (non-hydrogen) atoms. The van der Waals surface area contributed by atoms with Gasteiger partial charge in [0.05, 0.1) is 4.90 Å². The third-order valence-electron chi connectivity index (χ3n) is 3.36. The Morgan fingerprint density at radius 3 is 2.65 bits per heavy atom. The number of halogens is 2. The summed E-state index contributed by atoms with van der Waals surface area (Å²) in [4.78, 5) is 11.5. The van der Waals surface area contributed by atoms with Crippen LogP contribution in [0.3, 0.4) is 0 Å². The minimum Gasteiger partial charge on any atom is -0.352 e. The van der Waals surface area contributed by atoms with Crippen LogP contribution < -0.4 is 5.32 Å². The summed E-state index contributed by atoms with van der Waals surface area (Å²) in [6, 6.07) is 2.13. The van der Waals surface area contributed by atoms with Gasteiger partial charge in [0.2, 0.25) is 0 Å². The molecule has 0 bridgehead atoms. The van der Waals surface area contributed by atoms with Crippen molar-refractivity contribution in [1.82, 2.24) is 5.32 Å². The lowest BCUT2D eigenvalue weighted by Crippen LogP contribution is -2.25. The Balaban J connectivity index is 2.18. The van der Waals surface area contributed by atoms with Crippen LogP contribution in [0.1, 0.15) is 35.2 Å². The van der Waals surface area contributed by atoms with Gasteiger partial charge in [-0.05, 0) is 31.4 Å². The van der Waals surface area contributed by atoms with Crippen LogP contribution in [0.2, 0.25) is 0 Å². The number of rotatable bonds is 5. The van der Waals surface area contributed by atoms with Crippen LogP contribution in [0.4, 0.5) is 4.39 Å². The van der Waals surface area contributed by atoms with Gasteiger partial charge in [-0.15, -0.1) is 0 Å². The van der Waals surface area contributed by atoms with Crippen LogP contribution in [-0.4, -0.2) is 20.9 Å². The molecule has 0 aromatic heterocycles. The Morgan fingerprint density at radius 2 is 2.10 bits per heavy atom. The summed E-state index contributed by atoms with van der Waals surface area (Å²) in [6.07, 6.45) is 3.26. The van der Waals surface area contributed by atoms with Crippen LogP contribution >= 0.6 is 10.7 Å². The summed E-state index contributed by atoms with van der Waals surface area (Å²) in [7, 11) is 1.16. The lowest BCUT2D eigenvalue weighted by Gasteiger charge is -2.08. The molecule has 2 rings (SSSR count). The molecule has 4 nitrogen and oxygen atoms in total. The van der Waals surface area contributed by atoms with E-state index >= 15 is 0 Å². The number of carbonyl (C=O) groups is 1. The number of carbonyl (C=O) groups excluding carboxylic acids is 1. The van der Waals surface area contributed by atoms with E-state index < -0.39 is 20.8 Å². The summed E-state index contributed by atoms with van der Waals surface area (Å²) < 4.78 is 36.4. The van der Waals surface area contributed by atoms with E-state index in [0.717, 1.165) is 18.6 Å². The zero-order chi connectivity index (χ0) is 14.9. The van der Waals surface area contributed by atoms with E-state index in [1.165, 1.54) is 19.8 Å². The maximum absolute atomic E-state index is 13.7. The first-order chi connectivity index (χ1) is 9.29. The van der Waals surface area contributed by atoms with Crippen LogP contribution in [0.25, 0.3) is 0 Å². The van der Waals surface area contributed by atoms with Gasteiger partial charge in [-0.3, -0.25) is 4.79 Å². The third-order valence-corrected chi connectivity index (χ3v) is 4.80. The molecule has 1 amide bonds. The highest BCUT2D eigenvalue weighted by Gasteiger charge is 2.22. The van der Waals surface area contributed by atoms with Crippen molar-refractivity contribution < 1.29 is 17.6 Å². The molecule has 0 radical (unpaired) electrons. The zero-order valence-electron chi connectivity index (χ0n) is 10.9. The van der Waals surface area contributed by atoms with E-state index in [0.29, 0.717) is 12.5 Å². The molecule has 1 aromatic carbocycles. The summed E-state index contributed by atoms with van der Waals surface area (Å²) >= 11 is 0. The summed E-state index contributed by atoms with van der Waals surface area (Å²) in [5.74, 6) is -0.589. The molecule has 0 spiro atoms. The van der Waals surface area contributed by atoms with E-state index in [1.807, 2.05) is 0 Å². The maximum Gasteiger partial charge on any atom is 0.261 e. The molecule has 1 saturated carbocycles.